The maximum Gasteiger partial charge on any atom is 0.161 e. The van der Waals surface area contributed by atoms with Gasteiger partial charge in [-0.05, 0) is 30.0 Å². The Morgan fingerprint density at radius 1 is 1.24 bits per heavy atom. The van der Waals surface area contributed by atoms with Crippen molar-refractivity contribution in [2.45, 2.75) is 32.1 Å². The minimum atomic E-state index is 0.567. The first-order chi connectivity index (χ1) is 8.35. The molecule has 94 valence electrons. The van der Waals surface area contributed by atoms with Gasteiger partial charge in [-0.15, -0.1) is 0 Å². The highest BCUT2D eigenvalue weighted by atomic mass is 79.9. The third kappa shape index (κ3) is 3.15. The molecule has 0 amide bonds. The molecule has 0 bridgehead atoms. The number of rotatable bonds is 4. The van der Waals surface area contributed by atoms with Crippen LogP contribution in [0, 0.1) is 0 Å². The van der Waals surface area contributed by atoms with Crippen molar-refractivity contribution in [2.24, 2.45) is 0 Å². The molecule has 0 N–H and O–H groups in total. The summed E-state index contributed by atoms with van der Waals surface area (Å²) in [4.78, 5) is 0. The molecule has 0 spiro atoms. The molecule has 1 aromatic carbocycles. The Bertz CT molecular complexity index is 365. The first-order valence-corrected chi connectivity index (χ1v) is 7.42. The average molecular weight is 299 g/mol. The lowest BCUT2D eigenvalue weighted by Crippen LogP contribution is -2.01. The van der Waals surface area contributed by atoms with Crippen LogP contribution in [-0.2, 0) is 0 Å². The van der Waals surface area contributed by atoms with Gasteiger partial charge in [-0.25, -0.2) is 0 Å². The van der Waals surface area contributed by atoms with Gasteiger partial charge in [0.15, 0.2) is 11.5 Å². The van der Waals surface area contributed by atoms with E-state index in [1.807, 2.05) is 6.07 Å². The third-order valence-corrected chi connectivity index (χ3v) is 3.85. The minimum Gasteiger partial charge on any atom is -0.490 e. The highest BCUT2D eigenvalue weighted by molar-refractivity contribution is 9.09. The van der Waals surface area contributed by atoms with Crippen LogP contribution in [0.4, 0.5) is 0 Å². The molecule has 1 atom stereocenters. The molecule has 0 fully saturated rings. The standard InChI is InChI=1S/C14H19BrO2/c1-2-4-12(10-15)11-5-6-13-14(9-11)17-8-3-7-16-13/h5-6,9,12H,2-4,7-8,10H2,1H3. The Morgan fingerprint density at radius 3 is 2.71 bits per heavy atom. The summed E-state index contributed by atoms with van der Waals surface area (Å²) in [6.07, 6.45) is 3.36. The van der Waals surface area contributed by atoms with E-state index in [4.69, 9.17) is 9.47 Å². The van der Waals surface area contributed by atoms with Crippen LogP contribution in [0.1, 0.15) is 37.7 Å². The second-order valence-corrected chi connectivity index (χ2v) is 5.04. The van der Waals surface area contributed by atoms with E-state index >= 15 is 0 Å². The summed E-state index contributed by atoms with van der Waals surface area (Å²) < 4.78 is 11.4. The Morgan fingerprint density at radius 2 is 2.00 bits per heavy atom. The smallest absolute Gasteiger partial charge is 0.161 e. The van der Waals surface area contributed by atoms with Gasteiger partial charge in [-0.2, -0.15) is 0 Å². The second kappa shape index (κ2) is 6.29. The molecule has 2 nitrogen and oxygen atoms in total. The van der Waals surface area contributed by atoms with Crippen LogP contribution in [0.25, 0.3) is 0 Å². The van der Waals surface area contributed by atoms with Gasteiger partial charge in [0, 0.05) is 11.8 Å². The Hall–Kier alpha value is -0.700. The fourth-order valence-corrected chi connectivity index (χ4v) is 2.81. The summed E-state index contributed by atoms with van der Waals surface area (Å²) in [6.45, 7) is 3.73. The summed E-state index contributed by atoms with van der Waals surface area (Å²) in [5.41, 5.74) is 1.34. The fourth-order valence-electron chi connectivity index (χ4n) is 2.12. The molecule has 0 radical (unpaired) electrons. The monoisotopic (exact) mass is 298 g/mol. The van der Waals surface area contributed by atoms with E-state index in [0.29, 0.717) is 5.92 Å². The van der Waals surface area contributed by atoms with Crippen molar-refractivity contribution in [1.29, 1.82) is 0 Å². The molecule has 1 aliphatic heterocycles. The van der Waals surface area contributed by atoms with Crippen molar-refractivity contribution in [1.82, 2.24) is 0 Å². The number of hydrogen-bond donors (Lipinski definition) is 0. The molecule has 1 aromatic rings. The lowest BCUT2D eigenvalue weighted by atomic mass is 9.96. The van der Waals surface area contributed by atoms with Crippen molar-refractivity contribution < 1.29 is 9.47 Å². The summed E-state index contributed by atoms with van der Waals surface area (Å²) in [6, 6.07) is 6.35. The maximum absolute atomic E-state index is 5.72. The quantitative estimate of drug-likeness (QED) is 0.778. The zero-order valence-electron chi connectivity index (χ0n) is 10.2. The van der Waals surface area contributed by atoms with Gasteiger partial charge in [0.1, 0.15) is 0 Å². The molecule has 1 aliphatic rings. The van der Waals surface area contributed by atoms with Crippen LogP contribution in [0.15, 0.2) is 18.2 Å². The maximum atomic E-state index is 5.72. The zero-order chi connectivity index (χ0) is 12.1. The average Bonchev–Trinajstić information content (AvgIpc) is 2.60. The number of halogens is 1. The highest BCUT2D eigenvalue weighted by Crippen LogP contribution is 2.34. The van der Waals surface area contributed by atoms with E-state index in [2.05, 4.69) is 35.0 Å². The summed E-state index contributed by atoms with van der Waals surface area (Å²) in [5, 5.41) is 1.00. The predicted molar refractivity (Wildman–Crippen MR) is 73.5 cm³/mol. The first-order valence-electron chi connectivity index (χ1n) is 6.30. The lowest BCUT2D eigenvalue weighted by molar-refractivity contribution is 0.297. The van der Waals surface area contributed by atoms with Gasteiger partial charge in [0.25, 0.3) is 0 Å². The van der Waals surface area contributed by atoms with E-state index in [1.165, 1.54) is 18.4 Å². The molecule has 3 heteroatoms. The van der Waals surface area contributed by atoms with E-state index in [1.54, 1.807) is 0 Å². The Balaban J connectivity index is 2.21. The van der Waals surface area contributed by atoms with Gasteiger partial charge >= 0.3 is 0 Å². The Kier molecular flexibility index (Phi) is 4.72. The zero-order valence-corrected chi connectivity index (χ0v) is 11.8. The van der Waals surface area contributed by atoms with Crippen LogP contribution in [0.3, 0.4) is 0 Å². The Labute approximate surface area is 111 Å². The molecule has 17 heavy (non-hydrogen) atoms. The molecular formula is C14H19BrO2. The molecule has 0 saturated carbocycles. The van der Waals surface area contributed by atoms with Gasteiger partial charge < -0.3 is 9.47 Å². The van der Waals surface area contributed by atoms with Crippen LogP contribution in [0.5, 0.6) is 11.5 Å². The third-order valence-electron chi connectivity index (χ3n) is 3.07. The van der Waals surface area contributed by atoms with Gasteiger partial charge in [-0.1, -0.05) is 35.3 Å². The van der Waals surface area contributed by atoms with Crippen LogP contribution in [0.2, 0.25) is 0 Å². The van der Waals surface area contributed by atoms with Crippen molar-refractivity contribution in [2.75, 3.05) is 18.5 Å². The molecule has 0 aliphatic carbocycles. The first kappa shape index (κ1) is 12.7. The normalized spacial score (nSPS) is 16.4. The number of hydrogen-bond acceptors (Lipinski definition) is 2. The molecule has 0 aromatic heterocycles. The van der Waals surface area contributed by atoms with Gasteiger partial charge in [0.2, 0.25) is 0 Å². The van der Waals surface area contributed by atoms with E-state index in [9.17, 15) is 0 Å². The number of ether oxygens (including phenoxy) is 2. The van der Waals surface area contributed by atoms with E-state index in [0.717, 1.165) is 36.5 Å². The predicted octanol–water partition coefficient (Wildman–Crippen LogP) is 4.13. The lowest BCUT2D eigenvalue weighted by Gasteiger charge is -2.15. The van der Waals surface area contributed by atoms with E-state index < -0.39 is 0 Å². The van der Waals surface area contributed by atoms with Crippen LogP contribution >= 0.6 is 15.9 Å². The van der Waals surface area contributed by atoms with Crippen LogP contribution < -0.4 is 9.47 Å². The summed E-state index contributed by atoms with van der Waals surface area (Å²) >= 11 is 3.59. The number of alkyl halides is 1. The van der Waals surface area contributed by atoms with Gasteiger partial charge in [-0.3, -0.25) is 0 Å². The molecular weight excluding hydrogens is 280 g/mol. The fraction of sp³-hybridized carbons (Fsp3) is 0.571. The van der Waals surface area contributed by atoms with Crippen molar-refractivity contribution in [3.63, 3.8) is 0 Å². The highest BCUT2D eigenvalue weighted by Gasteiger charge is 2.15. The summed E-state index contributed by atoms with van der Waals surface area (Å²) in [7, 11) is 0. The van der Waals surface area contributed by atoms with Gasteiger partial charge in [0.05, 0.1) is 13.2 Å². The topological polar surface area (TPSA) is 18.5 Å². The molecule has 1 unspecified atom stereocenters. The number of fused-ring (bicyclic) bond motifs is 1. The van der Waals surface area contributed by atoms with Crippen LogP contribution in [-0.4, -0.2) is 18.5 Å². The molecule has 0 saturated heterocycles. The SMILES string of the molecule is CCCC(CBr)c1ccc2c(c1)OCCCO2. The van der Waals surface area contributed by atoms with Crippen molar-refractivity contribution in [3.8, 4) is 11.5 Å². The number of benzene rings is 1. The van der Waals surface area contributed by atoms with Crippen molar-refractivity contribution >= 4 is 15.9 Å². The summed E-state index contributed by atoms with van der Waals surface area (Å²) in [5.74, 6) is 2.36. The van der Waals surface area contributed by atoms with E-state index in [-0.39, 0.29) is 0 Å². The minimum absolute atomic E-state index is 0.567. The molecule has 2 rings (SSSR count). The molecule has 1 heterocycles. The van der Waals surface area contributed by atoms with Crippen molar-refractivity contribution in [3.05, 3.63) is 23.8 Å². The largest absolute Gasteiger partial charge is 0.490 e. The second-order valence-electron chi connectivity index (χ2n) is 4.40.